The van der Waals surface area contributed by atoms with E-state index in [4.69, 9.17) is 9.26 Å². The molecule has 0 aliphatic rings. The number of nitrogens with zero attached hydrogens (tertiary/aromatic N) is 2. The number of rotatable bonds is 7. The molecule has 0 aliphatic heterocycles. The first-order valence-electron chi connectivity index (χ1n) is 8.02. The van der Waals surface area contributed by atoms with Gasteiger partial charge in [0, 0.05) is 18.5 Å². The molecule has 26 heavy (non-hydrogen) atoms. The Morgan fingerprint density at radius 1 is 1.12 bits per heavy atom. The first-order valence-corrected chi connectivity index (χ1v) is 9.50. The third-order valence-corrected chi connectivity index (χ3v) is 5.45. The van der Waals surface area contributed by atoms with Gasteiger partial charge < -0.3 is 9.26 Å². The van der Waals surface area contributed by atoms with E-state index in [0.717, 1.165) is 11.3 Å². The van der Waals surface area contributed by atoms with Gasteiger partial charge in [0.15, 0.2) is 0 Å². The molecular weight excluding hydrogens is 354 g/mol. The average molecular weight is 373 g/mol. The van der Waals surface area contributed by atoms with E-state index in [-0.39, 0.29) is 11.4 Å². The second kappa shape index (κ2) is 7.67. The Bertz CT molecular complexity index is 982. The van der Waals surface area contributed by atoms with E-state index in [2.05, 4.69) is 14.9 Å². The lowest BCUT2D eigenvalue weighted by molar-refractivity contribution is 0.379. The molecule has 0 fully saturated rings. The summed E-state index contributed by atoms with van der Waals surface area (Å²) in [5.41, 5.74) is 1.49. The molecule has 0 saturated carbocycles. The second-order valence-corrected chi connectivity index (χ2v) is 7.39. The number of hydrogen-bond donors (Lipinski definition) is 1. The third-order valence-electron chi connectivity index (χ3n) is 3.83. The Balaban J connectivity index is 1.62. The van der Waals surface area contributed by atoms with E-state index in [1.807, 2.05) is 24.3 Å². The minimum absolute atomic E-state index is 0.168. The Labute approximate surface area is 152 Å². The van der Waals surface area contributed by atoms with Crippen LogP contribution in [0.25, 0.3) is 11.4 Å². The summed E-state index contributed by atoms with van der Waals surface area (Å²) in [5, 5.41) is 3.93. The van der Waals surface area contributed by atoms with E-state index in [0.29, 0.717) is 23.7 Å². The molecule has 0 spiro atoms. The van der Waals surface area contributed by atoms with E-state index < -0.39 is 10.0 Å². The summed E-state index contributed by atoms with van der Waals surface area (Å²) in [4.78, 5) is 4.56. The molecule has 0 bridgehead atoms. The smallest absolute Gasteiger partial charge is 0.240 e. The van der Waals surface area contributed by atoms with Gasteiger partial charge in [-0.15, -0.1) is 0 Å². The van der Waals surface area contributed by atoms with Crippen molar-refractivity contribution in [2.75, 3.05) is 13.7 Å². The molecule has 0 amide bonds. The fourth-order valence-corrected chi connectivity index (χ4v) is 3.72. The highest BCUT2D eigenvalue weighted by Crippen LogP contribution is 2.20. The molecule has 2 aromatic carbocycles. The SMILES string of the molecule is COc1ccc(-c2noc(CCNS(=O)(=O)c3ccccc3C)n2)cc1. The van der Waals surface area contributed by atoms with Crippen LogP contribution in [0.3, 0.4) is 0 Å². The van der Waals surface area contributed by atoms with Crippen molar-refractivity contribution in [3.8, 4) is 17.1 Å². The summed E-state index contributed by atoms with van der Waals surface area (Å²) < 4.78 is 37.5. The third kappa shape index (κ3) is 4.09. The lowest BCUT2D eigenvalue weighted by Gasteiger charge is -2.07. The number of sulfonamides is 1. The van der Waals surface area contributed by atoms with Crippen molar-refractivity contribution in [3.63, 3.8) is 0 Å². The summed E-state index contributed by atoms with van der Waals surface area (Å²) in [5.74, 6) is 1.55. The maximum absolute atomic E-state index is 12.3. The molecule has 3 rings (SSSR count). The van der Waals surface area contributed by atoms with Crippen LogP contribution in [0.5, 0.6) is 5.75 Å². The normalized spacial score (nSPS) is 11.5. The van der Waals surface area contributed by atoms with Crippen LogP contribution in [-0.4, -0.2) is 32.2 Å². The molecule has 3 aromatic rings. The van der Waals surface area contributed by atoms with Gasteiger partial charge in [-0.25, -0.2) is 13.1 Å². The van der Waals surface area contributed by atoms with E-state index in [1.54, 1.807) is 38.3 Å². The van der Waals surface area contributed by atoms with Gasteiger partial charge in [-0.05, 0) is 42.8 Å². The first kappa shape index (κ1) is 18.1. The van der Waals surface area contributed by atoms with Crippen molar-refractivity contribution in [2.45, 2.75) is 18.2 Å². The number of aryl methyl sites for hydroxylation is 1. The molecule has 7 nitrogen and oxygen atoms in total. The Hall–Kier alpha value is -2.71. The quantitative estimate of drug-likeness (QED) is 0.684. The van der Waals surface area contributed by atoms with Gasteiger partial charge in [0.05, 0.1) is 12.0 Å². The molecule has 0 atom stereocenters. The number of ether oxygens (including phenoxy) is 1. The molecule has 0 saturated heterocycles. The van der Waals surface area contributed by atoms with Crippen molar-refractivity contribution < 1.29 is 17.7 Å². The predicted molar refractivity (Wildman–Crippen MR) is 96.4 cm³/mol. The number of aromatic nitrogens is 2. The van der Waals surface area contributed by atoms with Crippen molar-refractivity contribution in [2.24, 2.45) is 0 Å². The fourth-order valence-electron chi connectivity index (χ4n) is 2.44. The summed E-state index contributed by atoms with van der Waals surface area (Å²) in [6.07, 6.45) is 0.300. The van der Waals surface area contributed by atoms with Crippen LogP contribution in [0.1, 0.15) is 11.5 Å². The molecule has 1 aromatic heterocycles. The first-order chi connectivity index (χ1) is 12.5. The van der Waals surface area contributed by atoms with Gasteiger partial charge in [-0.1, -0.05) is 23.4 Å². The van der Waals surface area contributed by atoms with E-state index in [9.17, 15) is 8.42 Å². The highest BCUT2D eigenvalue weighted by atomic mass is 32.2. The fraction of sp³-hybridized carbons (Fsp3) is 0.222. The Morgan fingerprint density at radius 2 is 1.85 bits per heavy atom. The topological polar surface area (TPSA) is 94.3 Å². The minimum Gasteiger partial charge on any atom is -0.497 e. The van der Waals surface area contributed by atoms with Crippen LogP contribution in [0.2, 0.25) is 0 Å². The molecule has 0 aliphatic carbocycles. The zero-order valence-corrected chi connectivity index (χ0v) is 15.3. The van der Waals surface area contributed by atoms with Crippen LogP contribution in [0.15, 0.2) is 57.9 Å². The number of hydrogen-bond acceptors (Lipinski definition) is 6. The largest absolute Gasteiger partial charge is 0.497 e. The van der Waals surface area contributed by atoms with Crippen LogP contribution in [-0.2, 0) is 16.4 Å². The Kier molecular flexibility index (Phi) is 5.34. The van der Waals surface area contributed by atoms with Crippen LogP contribution in [0.4, 0.5) is 0 Å². The lowest BCUT2D eigenvalue weighted by Crippen LogP contribution is -2.26. The monoisotopic (exact) mass is 373 g/mol. The number of methoxy groups -OCH3 is 1. The summed E-state index contributed by atoms with van der Waals surface area (Å²) in [6.45, 7) is 1.93. The standard InChI is InChI=1S/C18H19N3O4S/c1-13-5-3-4-6-16(13)26(22,23)19-12-11-17-20-18(21-25-17)14-7-9-15(24-2)10-8-14/h3-10,19H,11-12H2,1-2H3. The number of nitrogens with one attached hydrogen (secondary N) is 1. The van der Waals surface area contributed by atoms with Gasteiger partial charge in [0.2, 0.25) is 21.7 Å². The van der Waals surface area contributed by atoms with Gasteiger partial charge in [-0.2, -0.15) is 4.98 Å². The summed E-state index contributed by atoms with van der Waals surface area (Å²) >= 11 is 0. The minimum atomic E-state index is -3.57. The average Bonchev–Trinajstić information content (AvgIpc) is 3.11. The van der Waals surface area contributed by atoms with Gasteiger partial charge in [-0.3, -0.25) is 0 Å². The summed E-state index contributed by atoms with van der Waals surface area (Å²) in [7, 11) is -1.97. The highest BCUT2D eigenvalue weighted by Gasteiger charge is 2.16. The zero-order chi connectivity index (χ0) is 18.6. The van der Waals surface area contributed by atoms with Gasteiger partial charge in [0.1, 0.15) is 5.75 Å². The van der Waals surface area contributed by atoms with Crippen LogP contribution in [0, 0.1) is 6.92 Å². The van der Waals surface area contributed by atoms with E-state index >= 15 is 0 Å². The molecule has 1 N–H and O–H groups in total. The lowest BCUT2D eigenvalue weighted by atomic mass is 10.2. The molecule has 0 unspecified atom stereocenters. The highest BCUT2D eigenvalue weighted by molar-refractivity contribution is 7.89. The van der Waals surface area contributed by atoms with Crippen molar-refractivity contribution in [1.82, 2.24) is 14.9 Å². The van der Waals surface area contributed by atoms with Crippen LogP contribution >= 0.6 is 0 Å². The van der Waals surface area contributed by atoms with Gasteiger partial charge in [0.25, 0.3) is 0 Å². The molecule has 8 heteroatoms. The maximum atomic E-state index is 12.3. The molecule has 1 heterocycles. The number of benzene rings is 2. The van der Waals surface area contributed by atoms with Gasteiger partial charge >= 0.3 is 0 Å². The van der Waals surface area contributed by atoms with Crippen molar-refractivity contribution in [1.29, 1.82) is 0 Å². The summed E-state index contributed by atoms with van der Waals surface area (Å²) in [6, 6.07) is 14.1. The van der Waals surface area contributed by atoms with Crippen LogP contribution < -0.4 is 9.46 Å². The van der Waals surface area contributed by atoms with E-state index in [1.165, 1.54) is 0 Å². The molecule has 136 valence electrons. The zero-order valence-electron chi connectivity index (χ0n) is 14.5. The Morgan fingerprint density at radius 3 is 2.54 bits per heavy atom. The predicted octanol–water partition coefficient (Wildman–Crippen LogP) is 2.57. The maximum Gasteiger partial charge on any atom is 0.240 e. The molecule has 0 radical (unpaired) electrons. The second-order valence-electron chi connectivity index (χ2n) is 5.65. The van der Waals surface area contributed by atoms with Crippen molar-refractivity contribution in [3.05, 3.63) is 60.0 Å². The van der Waals surface area contributed by atoms with Crippen molar-refractivity contribution >= 4 is 10.0 Å². The molecular formula is C18H19N3O4S.